The smallest absolute Gasteiger partial charge is 0.139 e. The van der Waals surface area contributed by atoms with E-state index in [1.165, 1.54) is 6.20 Å². The Morgan fingerprint density at radius 3 is 2.67 bits per heavy atom. The molecule has 3 N–H and O–H groups in total. The van der Waals surface area contributed by atoms with Crippen molar-refractivity contribution in [3.63, 3.8) is 0 Å². The number of aliphatic hydroxyl groups is 1. The molecule has 0 saturated carbocycles. The van der Waals surface area contributed by atoms with E-state index in [0.717, 1.165) is 0 Å². The molecule has 0 fully saturated rings. The van der Waals surface area contributed by atoms with Crippen LogP contribution in [0.5, 0.6) is 5.75 Å². The molecular formula is C11H18N2O2. The van der Waals surface area contributed by atoms with Crippen molar-refractivity contribution < 1.29 is 10.2 Å². The van der Waals surface area contributed by atoms with Gasteiger partial charge in [-0.3, -0.25) is 4.98 Å². The number of aliphatic hydroxyl groups excluding tert-OH is 1. The van der Waals surface area contributed by atoms with Crippen molar-refractivity contribution in [3.8, 4) is 5.75 Å². The molecule has 0 saturated heterocycles. The summed E-state index contributed by atoms with van der Waals surface area (Å²) in [5.41, 5.74) is 0.450. The van der Waals surface area contributed by atoms with Gasteiger partial charge in [0.15, 0.2) is 0 Å². The van der Waals surface area contributed by atoms with E-state index in [1.54, 1.807) is 12.3 Å². The average Bonchev–Trinajstić information content (AvgIpc) is 2.14. The van der Waals surface area contributed by atoms with Crippen LogP contribution in [0.25, 0.3) is 0 Å². The Hall–Kier alpha value is -1.13. The molecule has 1 heterocycles. The van der Waals surface area contributed by atoms with Gasteiger partial charge in [0.05, 0.1) is 12.3 Å². The number of hydrogen-bond acceptors (Lipinski definition) is 4. The highest BCUT2D eigenvalue weighted by Gasteiger charge is 2.15. The molecule has 0 aliphatic heterocycles. The highest BCUT2D eigenvalue weighted by Crippen LogP contribution is 2.22. The van der Waals surface area contributed by atoms with Gasteiger partial charge in [0.2, 0.25) is 0 Å². The molecule has 0 aliphatic carbocycles. The standard InChI is InChI=1S/C11H18N2O2/c1-11(2,3)13-7-10(15)8-4-5-12-6-9(8)14/h4-6,10,13-15H,7H2,1-3H3. The largest absolute Gasteiger partial charge is 0.506 e. The maximum absolute atomic E-state index is 9.81. The molecule has 0 spiro atoms. The molecule has 84 valence electrons. The normalized spacial score (nSPS) is 13.9. The fourth-order valence-corrected chi connectivity index (χ4v) is 1.19. The summed E-state index contributed by atoms with van der Waals surface area (Å²) in [6, 6.07) is 1.62. The number of hydrogen-bond donors (Lipinski definition) is 3. The summed E-state index contributed by atoms with van der Waals surface area (Å²) in [6.07, 6.45) is 2.16. The van der Waals surface area contributed by atoms with Crippen LogP contribution in [0.4, 0.5) is 0 Å². The van der Waals surface area contributed by atoms with Gasteiger partial charge in [-0.25, -0.2) is 0 Å². The summed E-state index contributed by atoms with van der Waals surface area (Å²) in [4.78, 5) is 3.75. The van der Waals surface area contributed by atoms with Crippen molar-refractivity contribution in [2.75, 3.05) is 6.54 Å². The Balaban J connectivity index is 2.62. The molecular weight excluding hydrogens is 192 g/mol. The van der Waals surface area contributed by atoms with Crippen molar-refractivity contribution in [1.29, 1.82) is 0 Å². The topological polar surface area (TPSA) is 65.4 Å². The Kier molecular flexibility index (Phi) is 3.66. The van der Waals surface area contributed by atoms with E-state index in [4.69, 9.17) is 0 Å². The van der Waals surface area contributed by atoms with E-state index in [2.05, 4.69) is 10.3 Å². The van der Waals surface area contributed by atoms with Gasteiger partial charge in [-0.05, 0) is 26.8 Å². The van der Waals surface area contributed by atoms with Gasteiger partial charge in [0.1, 0.15) is 5.75 Å². The van der Waals surface area contributed by atoms with E-state index in [9.17, 15) is 10.2 Å². The minimum absolute atomic E-state index is 0.0284. The third-order valence-corrected chi connectivity index (χ3v) is 2.02. The number of β-amino-alcohol motifs (C(OH)–C–C–N with tert-alkyl or cyclic N) is 1. The highest BCUT2D eigenvalue weighted by atomic mass is 16.3. The van der Waals surface area contributed by atoms with E-state index in [-0.39, 0.29) is 11.3 Å². The first-order chi connectivity index (χ1) is 6.90. The predicted molar refractivity (Wildman–Crippen MR) is 58.6 cm³/mol. The van der Waals surface area contributed by atoms with E-state index < -0.39 is 6.10 Å². The molecule has 1 unspecified atom stereocenters. The van der Waals surface area contributed by atoms with E-state index >= 15 is 0 Å². The number of nitrogens with zero attached hydrogens (tertiary/aromatic N) is 1. The van der Waals surface area contributed by atoms with Gasteiger partial charge < -0.3 is 15.5 Å². The van der Waals surface area contributed by atoms with Crippen LogP contribution in [0.2, 0.25) is 0 Å². The van der Waals surface area contributed by atoms with Crippen LogP contribution in [-0.2, 0) is 0 Å². The lowest BCUT2D eigenvalue weighted by molar-refractivity contribution is 0.160. The molecule has 1 aromatic heterocycles. The zero-order valence-corrected chi connectivity index (χ0v) is 9.36. The lowest BCUT2D eigenvalue weighted by Crippen LogP contribution is -2.38. The lowest BCUT2D eigenvalue weighted by Gasteiger charge is -2.23. The van der Waals surface area contributed by atoms with Gasteiger partial charge in [-0.2, -0.15) is 0 Å². The fourth-order valence-electron chi connectivity index (χ4n) is 1.19. The summed E-state index contributed by atoms with van der Waals surface area (Å²) in [5.74, 6) is 0.0284. The summed E-state index contributed by atoms with van der Waals surface area (Å²) in [6.45, 7) is 6.46. The molecule has 4 heteroatoms. The van der Waals surface area contributed by atoms with E-state index in [0.29, 0.717) is 12.1 Å². The second-order valence-corrected chi connectivity index (χ2v) is 4.58. The predicted octanol–water partition coefficient (Wildman–Crippen LogP) is 1.21. The zero-order valence-electron chi connectivity index (χ0n) is 9.36. The molecule has 0 amide bonds. The fraction of sp³-hybridized carbons (Fsp3) is 0.545. The molecule has 4 nitrogen and oxygen atoms in total. The first-order valence-electron chi connectivity index (χ1n) is 4.96. The molecule has 15 heavy (non-hydrogen) atoms. The van der Waals surface area contributed by atoms with Gasteiger partial charge in [-0.15, -0.1) is 0 Å². The molecule has 0 aliphatic rings. The van der Waals surface area contributed by atoms with Gasteiger partial charge in [0.25, 0.3) is 0 Å². The van der Waals surface area contributed by atoms with Gasteiger partial charge >= 0.3 is 0 Å². The summed E-state index contributed by atoms with van der Waals surface area (Å²) < 4.78 is 0. The van der Waals surface area contributed by atoms with Crippen molar-refractivity contribution >= 4 is 0 Å². The molecule has 1 atom stereocenters. The van der Waals surface area contributed by atoms with Crippen LogP contribution >= 0.6 is 0 Å². The van der Waals surface area contributed by atoms with Gasteiger partial charge in [0, 0.05) is 23.8 Å². The maximum atomic E-state index is 9.81. The Morgan fingerprint density at radius 1 is 1.47 bits per heavy atom. The average molecular weight is 210 g/mol. The molecule has 1 aromatic rings. The summed E-state index contributed by atoms with van der Waals surface area (Å²) in [5, 5.41) is 22.4. The minimum atomic E-state index is -0.716. The number of aromatic nitrogens is 1. The number of pyridine rings is 1. The van der Waals surface area contributed by atoms with Crippen LogP contribution in [0.1, 0.15) is 32.4 Å². The van der Waals surface area contributed by atoms with E-state index in [1.807, 2.05) is 20.8 Å². The van der Waals surface area contributed by atoms with Crippen molar-refractivity contribution in [2.24, 2.45) is 0 Å². The van der Waals surface area contributed by atoms with Crippen molar-refractivity contribution in [2.45, 2.75) is 32.4 Å². The molecule has 0 radical (unpaired) electrons. The molecule has 1 rings (SSSR count). The highest BCUT2D eigenvalue weighted by molar-refractivity contribution is 5.30. The third-order valence-electron chi connectivity index (χ3n) is 2.02. The quantitative estimate of drug-likeness (QED) is 0.701. The summed E-state index contributed by atoms with van der Waals surface area (Å²) in [7, 11) is 0. The van der Waals surface area contributed by atoms with Crippen LogP contribution in [0.3, 0.4) is 0 Å². The van der Waals surface area contributed by atoms with Crippen molar-refractivity contribution in [1.82, 2.24) is 10.3 Å². The lowest BCUT2D eigenvalue weighted by atomic mass is 10.1. The third kappa shape index (κ3) is 3.85. The maximum Gasteiger partial charge on any atom is 0.139 e. The molecule has 0 aromatic carbocycles. The number of nitrogens with one attached hydrogen (secondary N) is 1. The van der Waals surface area contributed by atoms with Gasteiger partial charge in [-0.1, -0.05) is 0 Å². The van der Waals surface area contributed by atoms with Crippen LogP contribution in [0.15, 0.2) is 18.5 Å². The number of rotatable bonds is 3. The Labute approximate surface area is 90.0 Å². The Bertz CT molecular complexity index is 321. The van der Waals surface area contributed by atoms with Crippen LogP contribution in [-0.4, -0.2) is 27.3 Å². The zero-order chi connectivity index (χ0) is 11.5. The Morgan fingerprint density at radius 2 is 2.13 bits per heavy atom. The first-order valence-corrected chi connectivity index (χ1v) is 4.96. The van der Waals surface area contributed by atoms with Crippen LogP contribution < -0.4 is 5.32 Å². The molecule has 0 bridgehead atoms. The monoisotopic (exact) mass is 210 g/mol. The minimum Gasteiger partial charge on any atom is -0.506 e. The SMILES string of the molecule is CC(C)(C)NCC(O)c1ccncc1O. The van der Waals surface area contributed by atoms with Crippen molar-refractivity contribution in [3.05, 3.63) is 24.0 Å². The second-order valence-electron chi connectivity index (χ2n) is 4.58. The van der Waals surface area contributed by atoms with Crippen LogP contribution in [0, 0.1) is 0 Å². The summed E-state index contributed by atoms with van der Waals surface area (Å²) >= 11 is 0. The number of aromatic hydroxyl groups is 1. The first kappa shape index (κ1) is 11.9. The second kappa shape index (κ2) is 4.59.